The summed E-state index contributed by atoms with van der Waals surface area (Å²) in [5.74, 6) is 0.167. The third kappa shape index (κ3) is 3.78. The van der Waals surface area contributed by atoms with Crippen LogP contribution in [0, 0.1) is 6.92 Å². The van der Waals surface area contributed by atoms with E-state index in [0.717, 1.165) is 11.3 Å². The zero-order chi connectivity index (χ0) is 17.1. The number of amides is 1. The molecule has 0 fully saturated rings. The van der Waals surface area contributed by atoms with Gasteiger partial charge in [-0.2, -0.15) is 5.10 Å². The molecule has 0 radical (unpaired) electrons. The number of aromatic nitrogens is 2. The van der Waals surface area contributed by atoms with E-state index >= 15 is 0 Å². The molecule has 24 heavy (non-hydrogen) atoms. The van der Waals surface area contributed by atoms with Gasteiger partial charge in [0.15, 0.2) is 5.82 Å². The summed E-state index contributed by atoms with van der Waals surface area (Å²) < 4.78 is 1.84. The van der Waals surface area contributed by atoms with E-state index in [1.54, 1.807) is 12.1 Å². The molecule has 0 saturated carbocycles. The van der Waals surface area contributed by atoms with Crippen LogP contribution >= 0.6 is 23.2 Å². The maximum Gasteiger partial charge on any atom is 0.258 e. The molecule has 2 aromatic carbocycles. The van der Waals surface area contributed by atoms with E-state index in [-0.39, 0.29) is 5.91 Å². The minimum Gasteiger partial charge on any atom is -0.305 e. The zero-order valence-electron chi connectivity index (χ0n) is 13.0. The molecule has 0 saturated heterocycles. The molecule has 6 heteroatoms. The fourth-order valence-corrected chi connectivity index (χ4v) is 2.84. The van der Waals surface area contributed by atoms with Crippen LogP contribution in [-0.4, -0.2) is 15.7 Å². The van der Waals surface area contributed by atoms with Crippen LogP contribution in [0.2, 0.25) is 10.0 Å². The third-order valence-corrected chi connectivity index (χ3v) is 4.12. The molecule has 0 unspecified atom stereocenters. The van der Waals surface area contributed by atoms with Gasteiger partial charge in [-0.1, -0.05) is 53.5 Å². The van der Waals surface area contributed by atoms with Crippen LogP contribution < -0.4 is 5.32 Å². The first kappa shape index (κ1) is 16.6. The van der Waals surface area contributed by atoms with Crippen LogP contribution in [0.4, 0.5) is 5.82 Å². The van der Waals surface area contributed by atoms with Crippen LogP contribution in [0.3, 0.4) is 0 Å². The number of carbonyl (C=O) groups excluding carboxylic acids is 1. The molecule has 1 aromatic heterocycles. The molecule has 1 amide bonds. The van der Waals surface area contributed by atoms with Gasteiger partial charge in [0.1, 0.15) is 0 Å². The van der Waals surface area contributed by atoms with E-state index in [1.165, 1.54) is 6.07 Å². The molecule has 0 aliphatic carbocycles. The van der Waals surface area contributed by atoms with Crippen molar-refractivity contribution in [1.29, 1.82) is 0 Å². The molecular formula is C18H15Cl2N3O. The second-order valence-corrected chi connectivity index (χ2v) is 6.24. The summed E-state index contributed by atoms with van der Waals surface area (Å²) in [4.78, 5) is 12.3. The van der Waals surface area contributed by atoms with Gasteiger partial charge in [-0.25, -0.2) is 0 Å². The van der Waals surface area contributed by atoms with Gasteiger partial charge in [0.25, 0.3) is 5.91 Å². The smallest absolute Gasteiger partial charge is 0.258 e. The molecule has 3 rings (SSSR count). The summed E-state index contributed by atoms with van der Waals surface area (Å²) >= 11 is 11.9. The van der Waals surface area contributed by atoms with Crippen LogP contribution in [0.25, 0.3) is 0 Å². The number of nitrogens with one attached hydrogen (secondary N) is 1. The SMILES string of the molecule is Cc1cc(NC(=O)c2ccc(Cl)cc2Cl)nn1Cc1ccccc1. The molecule has 0 spiro atoms. The van der Waals surface area contributed by atoms with Gasteiger partial charge >= 0.3 is 0 Å². The maximum absolute atomic E-state index is 12.3. The molecule has 0 atom stereocenters. The molecule has 1 heterocycles. The summed E-state index contributed by atoms with van der Waals surface area (Å²) in [5.41, 5.74) is 2.45. The fraction of sp³-hybridized carbons (Fsp3) is 0.111. The summed E-state index contributed by atoms with van der Waals surface area (Å²) in [5, 5.41) is 7.99. The normalized spacial score (nSPS) is 10.6. The average Bonchev–Trinajstić information content (AvgIpc) is 2.87. The first-order valence-electron chi connectivity index (χ1n) is 7.38. The third-order valence-electron chi connectivity index (χ3n) is 3.57. The van der Waals surface area contributed by atoms with Gasteiger partial charge in [-0.05, 0) is 30.7 Å². The Morgan fingerprint density at radius 1 is 1.12 bits per heavy atom. The van der Waals surface area contributed by atoms with Crippen LogP contribution in [-0.2, 0) is 6.54 Å². The number of anilines is 1. The first-order valence-corrected chi connectivity index (χ1v) is 8.13. The lowest BCUT2D eigenvalue weighted by atomic mass is 10.2. The van der Waals surface area contributed by atoms with E-state index < -0.39 is 0 Å². The molecule has 4 nitrogen and oxygen atoms in total. The number of carbonyl (C=O) groups is 1. The lowest BCUT2D eigenvalue weighted by molar-refractivity contribution is 0.102. The first-order chi connectivity index (χ1) is 11.5. The molecule has 122 valence electrons. The highest BCUT2D eigenvalue weighted by atomic mass is 35.5. The maximum atomic E-state index is 12.3. The average molecular weight is 360 g/mol. The van der Waals surface area contributed by atoms with Crippen molar-refractivity contribution in [3.05, 3.63) is 81.5 Å². The minimum absolute atomic E-state index is 0.306. The summed E-state index contributed by atoms with van der Waals surface area (Å²) in [6.07, 6.45) is 0. The predicted octanol–water partition coefficient (Wildman–Crippen LogP) is 4.80. The summed E-state index contributed by atoms with van der Waals surface area (Å²) in [7, 11) is 0. The van der Waals surface area contributed by atoms with Gasteiger partial charge in [-0.15, -0.1) is 0 Å². The highest BCUT2D eigenvalue weighted by Gasteiger charge is 2.13. The number of hydrogen-bond acceptors (Lipinski definition) is 2. The van der Waals surface area contributed by atoms with Crippen molar-refractivity contribution in [2.75, 3.05) is 5.32 Å². The Labute approximate surface area is 150 Å². The quantitative estimate of drug-likeness (QED) is 0.727. The standard InChI is InChI=1S/C18H15Cl2N3O/c1-12-9-17(22-23(12)11-13-5-3-2-4-6-13)21-18(24)15-8-7-14(19)10-16(15)20/h2-10H,11H2,1H3,(H,21,22,24). The molecule has 0 aliphatic heterocycles. The van der Waals surface area contributed by atoms with Crippen molar-refractivity contribution >= 4 is 34.9 Å². The fourth-order valence-electron chi connectivity index (χ4n) is 2.34. The number of aryl methyl sites for hydroxylation is 1. The van der Waals surface area contributed by atoms with Crippen molar-refractivity contribution in [2.24, 2.45) is 0 Å². The number of nitrogens with zero attached hydrogens (tertiary/aromatic N) is 2. The molecule has 0 bridgehead atoms. The predicted molar refractivity (Wildman–Crippen MR) is 96.9 cm³/mol. The lowest BCUT2D eigenvalue weighted by Gasteiger charge is -2.05. The van der Waals surface area contributed by atoms with Gasteiger partial charge in [0.05, 0.1) is 17.1 Å². The highest BCUT2D eigenvalue weighted by Crippen LogP contribution is 2.22. The van der Waals surface area contributed by atoms with Crippen molar-refractivity contribution in [1.82, 2.24) is 9.78 Å². The number of rotatable bonds is 4. The topological polar surface area (TPSA) is 46.9 Å². The van der Waals surface area contributed by atoms with Crippen molar-refractivity contribution in [2.45, 2.75) is 13.5 Å². The van der Waals surface area contributed by atoms with Crippen molar-refractivity contribution < 1.29 is 4.79 Å². The number of hydrogen-bond donors (Lipinski definition) is 1. The Balaban J connectivity index is 1.76. The van der Waals surface area contributed by atoms with E-state index in [0.29, 0.717) is 28.0 Å². The van der Waals surface area contributed by atoms with Gasteiger partial charge < -0.3 is 5.32 Å². The van der Waals surface area contributed by atoms with Crippen LogP contribution in [0.1, 0.15) is 21.6 Å². The molecular weight excluding hydrogens is 345 g/mol. The van der Waals surface area contributed by atoms with Crippen LogP contribution in [0.5, 0.6) is 0 Å². The van der Waals surface area contributed by atoms with Gasteiger partial charge in [0.2, 0.25) is 0 Å². The Morgan fingerprint density at radius 2 is 1.88 bits per heavy atom. The Morgan fingerprint density at radius 3 is 2.58 bits per heavy atom. The largest absolute Gasteiger partial charge is 0.305 e. The lowest BCUT2D eigenvalue weighted by Crippen LogP contribution is -2.13. The molecule has 3 aromatic rings. The molecule has 0 aliphatic rings. The second-order valence-electron chi connectivity index (χ2n) is 5.39. The van der Waals surface area contributed by atoms with Crippen LogP contribution in [0.15, 0.2) is 54.6 Å². The zero-order valence-corrected chi connectivity index (χ0v) is 14.5. The van der Waals surface area contributed by atoms with E-state index in [2.05, 4.69) is 10.4 Å². The van der Waals surface area contributed by atoms with Crippen molar-refractivity contribution in [3.8, 4) is 0 Å². The number of benzene rings is 2. The van der Waals surface area contributed by atoms with Gasteiger partial charge in [-0.3, -0.25) is 9.48 Å². The minimum atomic E-state index is -0.318. The Kier molecular flexibility index (Phi) is 4.88. The summed E-state index contributed by atoms with van der Waals surface area (Å²) in [6.45, 7) is 2.59. The Hall–Kier alpha value is -2.30. The van der Waals surface area contributed by atoms with E-state index in [1.807, 2.05) is 48.0 Å². The second kappa shape index (κ2) is 7.07. The molecule has 1 N–H and O–H groups in total. The van der Waals surface area contributed by atoms with Gasteiger partial charge in [0, 0.05) is 16.8 Å². The monoisotopic (exact) mass is 359 g/mol. The summed E-state index contributed by atoms with van der Waals surface area (Å²) in [6, 6.07) is 16.6. The highest BCUT2D eigenvalue weighted by molar-refractivity contribution is 6.37. The van der Waals surface area contributed by atoms with E-state index in [9.17, 15) is 4.79 Å². The van der Waals surface area contributed by atoms with E-state index in [4.69, 9.17) is 23.2 Å². The number of halogens is 2. The Bertz CT molecular complexity index is 875. The van der Waals surface area contributed by atoms with Crippen molar-refractivity contribution in [3.63, 3.8) is 0 Å².